The van der Waals surface area contributed by atoms with Gasteiger partial charge >= 0.3 is 0 Å². The van der Waals surface area contributed by atoms with Crippen LogP contribution < -0.4 is 0 Å². The van der Waals surface area contributed by atoms with Crippen LogP contribution in [0.4, 0.5) is 0 Å². The van der Waals surface area contributed by atoms with Crippen molar-refractivity contribution in [2.75, 3.05) is 0 Å². The summed E-state index contributed by atoms with van der Waals surface area (Å²) >= 11 is 0. The van der Waals surface area contributed by atoms with E-state index in [1.165, 1.54) is 59.1 Å². The molecule has 3 radical (unpaired) electrons. The van der Waals surface area contributed by atoms with E-state index in [1.807, 2.05) is 0 Å². The fourth-order valence-electron chi connectivity index (χ4n) is 4.25. The molecule has 0 unspecified atom stereocenters. The highest BCUT2D eigenvalue weighted by Crippen LogP contribution is 2.37. The summed E-state index contributed by atoms with van der Waals surface area (Å²) in [6, 6.07) is 28.1. The van der Waals surface area contributed by atoms with E-state index in [0.717, 1.165) is 17.9 Å². The Labute approximate surface area is 167 Å². The quantitative estimate of drug-likeness (QED) is 0.428. The van der Waals surface area contributed by atoms with Crippen LogP contribution in [0.15, 0.2) is 72.8 Å². The first-order valence-corrected chi connectivity index (χ1v) is 10.9. The van der Waals surface area contributed by atoms with Gasteiger partial charge in [0.05, 0.1) is 0 Å². The van der Waals surface area contributed by atoms with Crippen LogP contribution in [0.3, 0.4) is 0 Å². The molecule has 3 aromatic carbocycles. The van der Waals surface area contributed by atoms with Gasteiger partial charge in [-0.25, -0.2) is 0 Å². The van der Waals surface area contributed by atoms with E-state index in [9.17, 15) is 0 Å². The van der Waals surface area contributed by atoms with Crippen LogP contribution in [0.1, 0.15) is 42.7 Å². The molecular weight excluding hydrogens is 340 g/mol. The summed E-state index contributed by atoms with van der Waals surface area (Å²) in [6.45, 7) is 2.13. The number of hydrogen-bond acceptors (Lipinski definition) is 0. The molecule has 1 aliphatic carbocycles. The molecule has 0 aliphatic heterocycles. The van der Waals surface area contributed by atoms with Crippen LogP contribution in [0, 0.1) is 12.8 Å². The Kier molecular flexibility index (Phi) is 5.59. The molecule has 1 saturated carbocycles. The molecule has 27 heavy (non-hydrogen) atoms. The van der Waals surface area contributed by atoms with Crippen molar-refractivity contribution in [3.8, 4) is 22.3 Å². The van der Waals surface area contributed by atoms with Crippen LogP contribution in [0.25, 0.3) is 22.3 Å². The first-order valence-electron chi connectivity index (χ1n) is 10.1. The Morgan fingerprint density at radius 3 is 1.48 bits per heavy atom. The van der Waals surface area contributed by atoms with Crippen LogP contribution in [0.5, 0.6) is 0 Å². The van der Waals surface area contributed by atoms with Crippen LogP contribution in [-0.4, -0.2) is 10.2 Å². The molecule has 0 amide bonds. The van der Waals surface area contributed by atoms with Crippen molar-refractivity contribution in [1.82, 2.24) is 0 Å². The van der Waals surface area contributed by atoms with Gasteiger partial charge in [0, 0.05) is 10.2 Å². The van der Waals surface area contributed by atoms with E-state index in [1.54, 1.807) is 0 Å². The smallest absolute Gasteiger partial charge is 0.0225 e. The zero-order valence-corrected chi connectivity index (χ0v) is 17.1. The van der Waals surface area contributed by atoms with Crippen LogP contribution >= 0.6 is 0 Å². The fourth-order valence-corrected chi connectivity index (χ4v) is 4.66. The SMILES string of the molecule is Cc1ccc(-c2ccc(-c3ccc(C4CCC(C[Si])CC4)cc3)cc2)cc1. The molecule has 0 aromatic heterocycles. The maximum absolute atomic E-state index is 3.69. The summed E-state index contributed by atoms with van der Waals surface area (Å²) in [5.41, 5.74) is 7.97. The Balaban J connectivity index is 1.46. The average Bonchev–Trinajstić information content (AvgIpc) is 2.75. The molecule has 0 bridgehead atoms. The second kappa shape index (κ2) is 8.27. The number of benzene rings is 3. The van der Waals surface area contributed by atoms with Gasteiger partial charge in [0.25, 0.3) is 0 Å². The summed E-state index contributed by atoms with van der Waals surface area (Å²) in [6.07, 6.45) is 5.38. The topological polar surface area (TPSA) is 0 Å². The van der Waals surface area contributed by atoms with Crippen molar-refractivity contribution >= 4 is 10.2 Å². The standard InChI is InChI=1S/C26H27Si/c1-19-2-6-21(7-3-19)23-10-14-25(15-11-23)26-16-12-24(13-17-26)22-8-4-20(18-27)5-9-22/h2-3,6-7,10-17,20,22H,4-5,8-9,18H2,1H3. The Hall–Kier alpha value is -2.12. The number of hydrogen-bond donors (Lipinski definition) is 0. The van der Waals surface area contributed by atoms with Gasteiger partial charge < -0.3 is 0 Å². The molecule has 1 heteroatoms. The second-order valence-corrected chi connectivity index (χ2v) is 8.40. The van der Waals surface area contributed by atoms with E-state index in [4.69, 9.17) is 0 Å². The fraction of sp³-hybridized carbons (Fsp3) is 0.308. The lowest BCUT2D eigenvalue weighted by Crippen LogP contribution is -2.12. The minimum absolute atomic E-state index is 0.748. The van der Waals surface area contributed by atoms with Gasteiger partial charge in [0.2, 0.25) is 0 Å². The predicted octanol–water partition coefficient (Wildman–Crippen LogP) is 7.19. The van der Waals surface area contributed by atoms with E-state index >= 15 is 0 Å². The van der Waals surface area contributed by atoms with E-state index in [2.05, 4.69) is 90.0 Å². The third-order valence-corrected chi connectivity index (χ3v) is 6.70. The zero-order chi connectivity index (χ0) is 18.6. The molecule has 135 valence electrons. The Morgan fingerprint density at radius 1 is 0.630 bits per heavy atom. The molecule has 0 heterocycles. The molecular formula is C26H27Si. The Morgan fingerprint density at radius 2 is 1.04 bits per heavy atom. The molecule has 0 saturated heterocycles. The third-order valence-electron chi connectivity index (χ3n) is 6.12. The Bertz CT molecular complexity index is 852. The van der Waals surface area contributed by atoms with Gasteiger partial charge in [-0.1, -0.05) is 97.2 Å². The summed E-state index contributed by atoms with van der Waals surface area (Å²) in [5.74, 6) is 1.63. The normalized spacial score (nSPS) is 19.8. The summed E-state index contributed by atoms with van der Waals surface area (Å²) in [4.78, 5) is 0. The molecule has 1 fully saturated rings. The summed E-state index contributed by atoms with van der Waals surface area (Å²) < 4.78 is 0. The first kappa shape index (κ1) is 18.2. The van der Waals surface area contributed by atoms with E-state index in [-0.39, 0.29) is 0 Å². The summed E-state index contributed by atoms with van der Waals surface area (Å²) in [7, 11) is 3.69. The first-order chi connectivity index (χ1) is 13.2. The lowest BCUT2D eigenvalue weighted by molar-refractivity contribution is 0.348. The van der Waals surface area contributed by atoms with Gasteiger partial charge in [0.15, 0.2) is 0 Å². The second-order valence-electron chi connectivity index (χ2n) is 7.99. The van der Waals surface area contributed by atoms with Crippen molar-refractivity contribution in [3.63, 3.8) is 0 Å². The molecule has 3 aromatic rings. The molecule has 1 aliphatic rings. The van der Waals surface area contributed by atoms with E-state index < -0.39 is 0 Å². The predicted molar refractivity (Wildman–Crippen MR) is 117 cm³/mol. The molecule has 0 atom stereocenters. The molecule has 0 N–H and O–H groups in total. The number of rotatable bonds is 4. The van der Waals surface area contributed by atoms with Crippen molar-refractivity contribution in [2.45, 2.75) is 44.6 Å². The van der Waals surface area contributed by atoms with Crippen LogP contribution in [-0.2, 0) is 0 Å². The minimum Gasteiger partial charge on any atom is -0.0609 e. The lowest BCUT2D eigenvalue weighted by atomic mass is 9.79. The molecule has 0 nitrogen and oxygen atoms in total. The van der Waals surface area contributed by atoms with Gasteiger partial charge in [-0.3, -0.25) is 0 Å². The van der Waals surface area contributed by atoms with Crippen molar-refractivity contribution in [1.29, 1.82) is 0 Å². The van der Waals surface area contributed by atoms with Gasteiger partial charge in [0.1, 0.15) is 0 Å². The molecule has 4 rings (SSSR count). The monoisotopic (exact) mass is 367 g/mol. The third kappa shape index (κ3) is 4.25. The largest absolute Gasteiger partial charge is 0.0609 e. The maximum Gasteiger partial charge on any atom is 0.0225 e. The highest BCUT2D eigenvalue weighted by atomic mass is 28.1. The van der Waals surface area contributed by atoms with Crippen LogP contribution in [0.2, 0.25) is 6.04 Å². The lowest BCUT2D eigenvalue weighted by Gasteiger charge is -2.28. The number of aryl methyl sites for hydroxylation is 1. The van der Waals surface area contributed by atoms with Crippen molar-refractivity contribution in [3.05, 3.63) is 83.9 Å². The van der Waals surface area contributed by atoms with Gasteiger partial charge in [-0.2, -0.15) is 0 Å². The van der Waals surface area contributed by atoms with E-state index in [0.29, 0.717) is 0 Å². The highest BCUT2D eigenvalue weighted by molar-refractivity contribution is 6.08. The van der Waals surface area contributed by atoms with Crippen molar-refractivity contribution < 1.29 is 0 Å². The van der Waals surface area contributed by atoms with Gasteiger partial charge in [-0.05, 0) is 59.4 Å². The van der Waals surface area contributed by atoms with Gasteiger partial charge in [-0.15, -0.1) is 0 Å². The maximum atomic E-state index is 3.69. The van der Waals surface area contributed by atoms with Crippen molar-refractivity contribution in [2.24, 2.45) is 5.92 Å². The minimum atomic E-state index is 0.748. The summed E-state index contributed by atoms with van der Waals surface area (Å²) in [5, 5.41) is 0. The highest BCUT2D eigenvalue weighted by Gasteiger charge is 2.21. The average molecular weight is 368 g/mol. The zero-order valence-electron chi connectivity index (χ0n) is 16.1. The molecule has 0 spiro atoms.